The standard InChI is InChI=1S/C24H25N3O4.ClH/c25-14-19-7-5-11-26-24(19)31-23-10-4-6-18(13-23)12-20(16-28)27-15-21(29)17-30-22-8-2-1-3-9-22;/h1-11,13,20-21,27-29H,12,15-17H2;1H/t20-,21?;/m0./s1. The normalized spacial score (nSPS) is 12.2. The van der Waals surface area contributed by atoms with Crippen LogP contribution in [-0.4, -0.2) is 47.1 Å². The van der Waals surface area contributed by atoms with Gasteiger partial charge >= 0.3 is 0 Å². The highest BCUT2D eigenvalue weighted by molar-refractivity contribution is 5.85. The number of aromatic nitrogens is 1. The maximum atomic E-state index is 10.2. The lowest BCUT2D eigenvalue weighted by atomic mass is 10.1. The predicted molar refractivity (Wildman–Crippen MR) is 123 cm³/mol. The van der Waals surface area contributed by atoms with E-state index >= 15 is 0 Å². The number of hydrogen-bond acceptors (Lipinski definition) is 7. The van der Waals surface area contributed by atoms with Crippen molar-refractivity contribution in [3.05, 3.63) is 84.1 Å². The summed E-state index contributed by atoms with van der Waals surface area (Å²) in [6, 6.07) is 21.8. The first-order valence-corrected chi connectivity index (χ1v) is 10.00. The van der Waals surface area contributed by atoms with E-state index in [9.17, 15) is 15.5 Å². The van der Waals surface area contributed by atoms with Crippen LogP contribution in [0, 0.1) is 11.3 Å². The Labute approximate surface area is 193 Å². The fourth-order valence-corrected chi connectivity index (χ4v) is 2.96. The second-order valence-corrected chi connectivity index (χ2v) is 6.99. The number of pyridine rings is 1. The van der Waals surface area contributed by atoms with Gasteiger partial charge in [-0.25, -0.2) is 4.98 Å². The van der Waals surface area contributed by atoms with Crippen molar-refractivity contribution in [2.45, 2.75) is 18.6 Å². The number of ether oxygens (including phenoxy) is 2. The molecule has 0 aliphatic heterocycles. The van der Waals surface area contributed by atoms with Gasteiger partial charge in [-0.2, -0.15) is 5.26 Å². The highest BCUT2D eigenvalue weighted by Crippen LogP contribution is 2.23. The second kappa shape index (κ2) is 13.3. The molecule has 1 heterocycles. The number of nitrogens with one attached hydrogen (secondary N) is 1. The molecule has 7 nitrogen and oxygen atoms in total. The summed E-state index contributed by atoms with van der Waals surface area (Å²) in [6.07, 6.45) is 1.39. The number of para-hydroxylation sites is 1. The molecular weight excluding hydrogens is 430 g/mol. The van der Waals surface area contributed by atoms with E-state index in [2.05, 4.69) is 16.4 Å². The molecule has 3 aromatic rings. The predicted octanol–water partition coefficient (Wildman–Crippen LogP) is 3.10. The molecule has 0 amide bonds. The molecule has 0 aliphatic rings. The van der Waals surface area contributed by atoms with Crippen molar-refractivity contribution in [2.75, 3.05) is 19.8 Å². The molecule has 0 saturated heterocycles. The fourth-order valence-electron chi connectivity index (χ4n) is 2.96. The lowest BCUT2D eigenvalue weighted by molar-refractivity contribution is 0.0997. The highest BCUT2D eigenvalue weighted by atomic mass is 35.5. The molecule has 3 N–H and O–H groups in total. The average Bonchev–Trinajstić information content (AvgIpc) is 2.81. The number of halogens is 1. The molecule has 168 valence electrons. The van der Waals surface area contributed by atoms with E-state index in [1.54, 1.807) is 24.4 Å². The Morgan fingerprint density at radius 2 is 1.81 bits per heavy atom. The third kappa shape index (κ3) is 7.84. The molecule has 32 heavy (non-hydrogen) atoms. The maximum Gasteiger partial charge on any atom is 0.237 e. The summed E-state index contributed by atoms with van der Waals surface area (Å²) in [5, 5.41) is 32.2. The van der Waals surface area contributed by atoms with Crippen LogP contribution in [0.5, 0.6) is 17.4 Å². The summed E-state index contributed by atoms with van der Waals surface area (Å²) < 4.78 is 11.3. The Morgan fingerprint density at radius 3 is 2.56 bits per heavy atom. The third-order valence-electron chi connectivity index (χ3n) is 4.53. The zero-order valence-electron chi connectivity index (χ0n) is 17.4. The largest absolute Gasteiger partial charge is 0.491 e. The summed E-state index contributed by atoms with van der Waals surface area (Å²) in [6.45, 7) is 0.355. The van der Waals surface area contributed by atoms with Crippen molar-refractivity contribution in [3.8, 4) is 23.4 Å². The lowest BCUT2D eigenvalue weighted by Crippen LogP contribution is -2.41. The van der Waals surface area contributed by atoms with Gasteiger partial charge in [0.2, 0.25) is 5.88 Å². The van der Waals surface area contributed by atoms with Crippen LogP contribution >= 0.6 is 12.4 Å². The third-order valence-corrected chi connectivity index (χ3v) is 4.53. The summed E-state index contributed by atoms with van der Waals surface area (Å²) >= 11 is 0. The zero-order chi connectivity index (χ0) is 21.9. The van der Waals surface area contributed by atoms with Gasteiger partial charge in [-0.1, -0.05) is 30.3 Å². The fraction of sp³-hybridized carbons (Fsp3) is 0.250. The molecule has 0 bridgehead atoms. The van der Waals surface area contributed by atoms with E-state index < -0.39 is 6.10 Å². The molecule has 1 aromatic heterocycles. The monoisotopic (exact) mass is 455 g/mol. The van der Waals surface area contributed by atoms with Crippen molar-refractivity contribution in [1.82, 2.24) is 10.3 Å². The quantitative estimate of drug-likeness (QED) is 0.407. The van der Waals surface area contributed by atoms with E-state index in [-0.39, 0.29) is 44.1 Å². The molecule has 0 spiro atoms. The average molecular weight is 456 g/mol. The number of aliphatic hydroxyl groups is 2. The maximum absolute atomic E-state index is 10.2. The van der Waals surface area contributed by atoms with Gasteiger partial charge in [0.1, 0.15) is 35.8 Å². The van der Waals surface area contributed by atoms with E-state index in [4.69, 9.17) is 9.47 Å². The van der Waals surface area contributed by atoms with Gasteiger partial charge in [-0.3, -0.25) is 0 Å². The first-order chi connectivity index (χ1) is 15.2. The number of benzene rings is 2. The topological polar surface area (TPSA) is 108 Å². The molecule has 0 saturated carbocycles. The van der Waals surface area contributed by atoms with Gasteiger partial charge in [-0.05, 0) is 48.4 Å². The van der Waals surface area contributed by atoms with Crippen LogP contribution in [0.25, 0.3) is 0 Å². The number of nitrogens with zero attached hydrogens (tertiary/aromatic N) is 2. The Bertz CT molecular complexity index is 998. The molecule has 3 rings (SSSR count). The van der Waals surface area contributed by atoms with Crippen LogP contribution in [0.4, 0.5) is 0 Å². The van der Waals surface area contributed by atoms with Crippen molar-refractivity contribution in [2.24, 2.45) is 0 Å². The van der Waals surface area contributed by atoms with E-state index in [1.165, 1.54) is 0 Å². The number of hydrogen-bond donors (Lipinski definition) is 3. The van der Waals surface area contributed by atoms with E-state index in [1.807, 2.05) is 48.5 Å². The summed E-state index contributed by atoms with van der Waals surface area (Å²) in [7, 11) is 0. The Hall–Kier alpha value is -3.15. The molecule has 0 aliphatic carbocycles. The van der Waals surface area contributed by atoms with Gasteiger partial charge < -0.3 is 25.0 Å². The number of rotatable bonds is 11. The Morgan fingerprint density at radius 1 is 1.03 bits per heavy atom. The SMILES string of the molecule is Cl.N#Cc1cccnc1Oc1cccc(C[C@@H](CO)NCC(O)COc2ccccc2)c1. The van der Waals surface area contributed by atoms with Crippen LogP contribution < -0.4 is 14.8 Å². The zero-order valence-corrected chi connectivity index (χ0v) is 18.2. The molecule has 1 unspecified atom stereocenters. The van der Waals surface area contributed by atoms with Gasteiger partial charge in [0.05, 0.1) is 6.61 Å². The van der Waals surface area contributed by atoms with Crippen LogP contribution in [-0.2, 0) is 6.42 Å². The molecule has 0 fully saturated rings. The van der Waals surface area contributed by atoms with Gasteiger partial charge in [0.15, 0.2) is 0 Å². The van der Waals surface area contributed by atoms with Crippen LogP contribution in [0.3, 0.4) is 0 Å². The first kappa shape index (κ1) is 25.1. The number of nitriles is 1. The molecule has 8 heteroatoms. The minimum atomic E-state index is -0.711. The molecule has 0 radical (unpaired) electrons. The summed E-state index contributed by atoms with van der Waals surface area (Å²) in [4.78, 5) is 4.10. The first-order valence-electron chi connectivity index (χ1n) is 10.00. The molecule has 2 aromatic carbocycles. The van der Waals surface area contributed by atoms with Crippen LogP contribution in [0.2, 0.25) is 0 Å². The second-order valence-electron chi connectivity index (χ2n) is 6.99. The Kier molecular flexibility index (Phi) is 10.4. The molecule has 2 atom stereocenters. The van der Waals surface area contributed by atoms with Gasteiger partial charge in [0.25, 0.3) is 0 Å². The van der Waals surface area contributed by atoms with Crippen LogP contribution in [0.15, 0.2) is 72.9 Å². The smallest absolute Gasteiger partial charge is 0.237 e. The number of aliphatic hydroxyl groups excluding tert-OH is 2. The van der Waals surface area contributed by atoms with Crippen molar-refractivity contribution in [3.63, 3.8) is 0 Å². The van der Waals surface area contributed by atoms with E-state index in [0.717, 1.165) is 5.56 Å². The van der Waals surface area contributed by atoms with Crippen molar-refractivity contribution >= 4 is 12.4 Å². The minimum absolute atomic E-state index is 0. The van der Waals surface area contributed by atoms with Gasteiger partial charge in [-0.15, -0.1) is 12.4 Å². The lowest BCUT2D eigenvalue weighted by Gasteiger charge is -2.19. The van der Waals surface area contributed by atoms with Crippen LogP contribution in [0.1, 0.15) is 11.1 Å². The van der Waals surface area contributed by atoms with Crippen molar-refractivity contribution < 1.29 is 19.7 Å². The van der Waals surface area contributed by atoms with Gasteiger partial charge in [0, 0.05) is 18.8 Å². The molecular formula is C24H26ClN3O4. The van der Waals surface area contributed by atoms with Crippen molar-refractivity contribution in [1.29, 1.82) is 5.26 Å². The summed E-state index contributed by atoms with van der Waals surface area (Å²) in [5.74, 6) is 1.51. The minimum Gasteiger partial charge on any atom is -0.491 e. The Balaban J connectivity index is 0.00000363. The summed E-state index contributed by atoms with van der Waals surface area (Å²) in [5.41, 5.74) is 1.29. The highest BCUT2D eigenvalue weighted by Gasteiger charge is 2.13. The van der Waals surface area contributed by atoms with E-state index in [0.29, 0.717) is 23.5 Å².